The minimum atomic E-state index is 0.0891. The van der Waals surface area contributed by atoms with Crippen molar-refractivity contribution in [2.24, 2.45) is 11.7 Å². The minimum absolute atomic E-state index is 0.0891. The number of hydrogen-bond acceptors (Lipinski definition) is 3. The van der Waals surface area contributed by atoms with Crippen LogP contribution in [0.5, 0.6) is 5.75 Å². The monoisotopic (exact) mass is 221 g/mol. The van der Waals surface area contributed by atoms with Gasteiger partial charge >= 0.3 is 0 Å². The van der Waals surface area contributed by atoms with Gasteiger partial charge in [-0.3, -0.25) is 0 Å². The van der Waals surface area contributed by atoms with Gasteiger partial charge in [0.2, 0.25) is 0 Å². The molecular formula is C13H19NO2. The predicted octanol–water partition coefficient (Wildman–Crippen LogP) is 1.90. The van der Waals surface area contributed by atoms with Gasteiger partial charge in [0, 0.05) is 24.6 Å². The van der Waals surface area contributed by atoms with Crippen molar-refractivity contribution in [3.63, 3.8) is 0 Å². The molecule has 88 valence electrons. The van der Waals surface area contributed by atoms with Crippen LogP contribution in [0.4, 0.5) is 0 Å². The quantitative estimate of drug-likeness (QED) is 0.848. The predicted molar refractivity (Wildman–Crippen MR) is 63.6 cm³/mol. The minimum Gasteiger partial charge on any atom is -0.493 e. The van der Waals surface area contributed by atoms with Crippen LogP contribution in [-0.4, -0.2) is 20.3 Å². The summed E-state index contributed by atoms with van der Waals surface area (Å²) in [5.74, 6) is 1.32. The molecule has 3 heteroatoms. The Kier molecular flexibility index (Phi) is 3.46. The third-order valence-corrected chi connectivity index (χ3v) is 3.14. The fraction of sp³-hybridized carbons (Fsp3) is 0.538. The molecule has 2 atom stereocenters. The Labute approximate surface area is 96.5 Å². The number of benzene rings is 1. The Hall–Kier alpha value is -1.06. The molecule has 1 aliphatic heterocycles. The third-order valence-electron chi connectivity index (χ3n) is 3.14. The molecule has 3 nitrogen and oxygen atoms in total. The normalized spacial score (nSPS) is 23.7. The Bertz CT molecular complexity index is 365. The molecule has 1 aliphatic rings. The second kappa shape index (κ2) is 4.85. The van der Waals surface area contributed by atoms with Crippen LogP contribution in [0.2, 0.25) is 0 Å². The molecule has 2 N–H and O–H groups in total. The van der Waals surface area contributed by atoms with Crippen molar-refractivity contribution >= 4 is 0 Å². The average Bonchev–Trinajstić information content (AvgIpc) is 2.31. The first-order chi connectivity index (χ1) is 7.72. The molecular weight excluding hydrogens is 202 g/mol. The first-order valence-corrected chi connectivity index (χ1v) is 5.72. The number of nitrogens with two attached hydrogens (primary N) is 1. The van der Waals surface area contributed by atoms with E-state index in [9.17, 15) is 0 Å². The van der Waals surface area contributed by atoms with Gasteiger partial charge in [-0.1, -0.05) is 19.1 Å². The summed E-state index contributed by atoms with van der Waals surface area (Å²) < 4.78 is 10.7. The maximum Gasteiger partial charge on any atom is 0.124 e. The summed E-state index contributed by atoms with van der Waals surface area (Å²) in [5, 5.41) is 0. The van der Waals surface area contributed by atoms with E-state index in [0.717, 1.165) is 24.3 Å². The van der Waals surface area contributed by atoms with Crippen molar-refractivity contribution in [2.75, 3.05) is 20.3 Å². The summed E-state index contributed by atoms with van der Waals surface area (Å²) in [6, 6.07) is 6.34. The van der Waals surface area contributed by atoms with Crippen LogP contribution in [0.25, 0.3) is 0 Å². The number of rotatable bonds is 3. The third kappa shape index (κ3) is 2.20. The summed E-state index contributed by atoms with van der Waals surface area (Å²) >= 11 is 0. The van der Waals surface area contributed by atoms with Gasteiger partial charge in [-0.15, -0.1) is 0 Å². The second-order valence-corrected chi connectivity index (χ2v) is 4.43. The number of methoxy groups -OCH3 is 1. The molecule has 0 saturated carbocycles. The molecule has 2 unspecified atom stereocenters. The molecule has 16 heavy (non-hydrogen) atoms. The lowest BCUT2D eigenvalue weighted by molar-refractivity contribution is 0.200. The Balaban J connectivity index is 2.22. The molecule has 0 fully saturated rings. The molecule has 1 aromatic carbocycles. The highest BCUT2D eigenvalue weighted by Gasteiger charge is 2.24. The van der Waals surface area contributed by atoms with Crippen LogP contribution in [-0.2, 0) is 11.2 Å². The largest absolute Gasteiger partial charge is 0.493 e. The van der Waals surface area contributed by atoms with E-state index in [0.29, 0.717) is 12.5 Å². The highest BCUT2D eigenvalue weighted by Crippen LogP contribution is 2.34. The van der Waals surface area contributed by atoms with Crippen molar-refractivity contribution in [2.45, 2.75) is 19.4 Å². The van der Waals surface area contributed by atoms with Crippen LogP contribution in [0.15, 0.2) is 18.2 Å². The summed E-state index contributed by atoms with van der Waals surface area (Å²) in [4.78, 5) is 0. The Morgan fingerprint density at radius 1 is 1.50 bits per heavy atom. The molecule has 0 radical (unpaired) electrons. The van der Waals surface area contributed by atoms with E-state index in [-0.39, 0.29) is 6.04 Å². The van der Waals surface area contributed by atoms with E-state index in [2.05, 4.69) is 19.1 Å². The lowest BCUT2D eigenvalue weighted by atomic mass is 9.91. The van der Waals surface area contributed by atoms with Crippen LogP contribution < -0.4 is 10.5 Å². The molecule has 2 rings (SSSR count). The van der Waals surface area contributed by atoms with Crippen molar-refractivity contribution in [1.82, 2.24) is 0 Å². The summed E-state index contributed by atoms with van der Waals surface area (Å²) in [7, 11) is 1.72. The zero-order chi connectivity index (χ0) is 11.5. The molecule has 0 amide bonds. The highest BCUT2D eigenvalue weighted by molar-refractivity contribution is 5.41. The molecule has 0 aromatic heterocycles. The van der Waals surface area contributed by atoms with E-state index in [1.807, 2.05) is 6.07 Å². The van der Waals surface area contributed by atoms with Gasteiger partial charge in [-0.25, -0.2) is 0 Å². The maximum atomic E-state index is 6.18. The van der Waals surface area contributed by atoms with Crippen molar-refractivity contribution < 1.29 is 9.47 Å². The molecule has 0 spiro atoms. The van der Waals surface area contributed by atoms with Crippen LogP contribution in [0.1, 0.15) is 24.1 Å². The van der Waals surface area contributed by atoms with Gasteiger partial charge < -0.3 is 15.2 Å². The lowest BCUT2D eigenvalue weighted by Gasteiger charge is -2.29. The van der Waals surface area contributed by atoms with Crippen LogP contribution in [0, 0.1) is 5.92 Å². The standard InChI is InChI=1S/C13H19NO2/c1-9-8-16-12-4-3-10(5-6-15-2)7-11(12)13(9)14/h3-4,7,9,13H,5-6,8,14H2,1-2H3. The Morgan fingerprint density at radius 3 is 3.06 bits per heavy atom. The van der Waals surface area contributed by atoms with E-state index >= 15 is 0 Å². The van der Waals surface area contributed by atoms with Crippen LogP contribution in [0.3, 0.4) is 0 Å². The van der Waals surface area contributed by atoms with Gasteiger partial charge in [0.25, 0.3) is 0 Å². The van der Waals surface area contributed by atoms with Gasteiger partial charge in [0.15, 0.2) is 0 Å². The second-order valence-electron chi connectivity index (χ2n) is 4.43. The number of ether oxygens (including phenoxy) is 2. The van der Waals surface area contributed by atoms with Crippen LogP contribution >= 0.6 is 0 Å². The zero-order valence-corrected chi connectivity index (χ0v) is 9.90. The molecule has 0 aliphatic carbocycles. The average molecular weight is 221 g/mol. The fourth-order valence-electron chi connectivity index (χ4n) is 2.00. The van der Waals surface area contributed by atoms with Crippen molar-refractivity contribution in [3.05, 3.63) is 29.3 Å². The zero-order valence-electron chi connectivity index (χ0n) is 9.90. The van der Waals surface area contributed by atoms with E-state index in [1.54, 1.807) is 7.11 Å². The Morgan fingerprint density at radius 2 is 2.31 bits per heavy atom. The summed E-state index contributed by atoms with van der Waals surface area (Å²) in [5.41, 5.74) is 8.57. The SMILES string of the molecule is COCCc1ccc2c(c1)C(N)C(C)CO2. The van der Waals surface area contributed by atoms with E-state index in [1.165, 1.54) is 5.56 Å². The van der Waals surface area contributed by atoms with E-state index in [4.69, 9.17) is 15.2 Å². The summed E-state index contributed by atoms with van der Waals surface area (Å²) in [6.45, 7) is 3.57. The first kappa shape index (κ1) is 11.4. The van der Waals surface area contributed by atoms with Gasteiger partial charge in [0.1, 0.15) is 5.75 Å². The van der Waals surface area contributed by atoms with Crippen molar-refractivity contribution in [1.29, 1.82) is 0 Å². The van der Waals surface area contributed by atoms with E-state index < -0.39 is 0 Å². The first-order valence-electron chi connectivity index (χ1n) is 5.72. The molecule has 1 aromatic rings. The van der Waals surface area contributed by atoms with Crippen molar-refractivity contribution in [3.8, 4) is 5.75 Å². The smallest absolute Gasteiger partial charge is 0.124 e. The maximum absolute atomic E-state index is 6.18. The number of hydrogen-bond donors (Lipinski definition) is 1. The molecule has 0 bridgehead atoms. The fourth-order valence-corrected chi connectivity index (χ4v) is 2.00. The summed E-state index contributed by atoms with van der Waals surface area (Å²) in [6.07, 6.45) is 0.922. The number of fused-ring (bicyclic) bond motifs is 1. The highest BCUT2D eigenvalue weighted by atomic mass is 16.5. The molecule has 1 heterocycles. The lowest BCUT2D eigenvalue weighted by Crippen LogP contribution is -2.29. The van der Waals surface area contributed by atoms with Gasteiger partial charge in [0.05, 0.1) is 13.2 Å². The van der Waals surface area contributed by atoms with Gasteiger partial charge in [-0.2, -0.15) is 0 Å². The van der Waals surface area contributed by atoms with Gasteiger partial charge in [-0.05, 0) is 18.1 Å². The molecule has 0 saturated heterocycles. The topological polar surface area (TPSA) is 44.5 Å².